The highest BCUT2D eigenvalue weighted by atomic mass is 19.1. The lowest BCUT2D eigenvalue weighted by molar-refractivity contribution is 0.0929. The molecule has 4 nitrogen and oxygen atoms in total. The molecule has 1 amide bonds. The van der Waals surface area contributed by atoms with E-state index in [1.165, 1.54) is 12.3 Å². The van der Waals surface area contributed by atoms with Crippen molar-refractivity contribution in [2.75, 3.05) is 0 Å². The first kappa shape index (κ1) is 15.1. The Morgan fingerprint density at radius 3 is 2.76 bits per heavy atom. The summed E-state index contributed by atoms with van der Waals surface area (Å²) in [4.78, 5) is 19.9. The van der Waals surface area contributed by atoms with Crippen molar-refractivity contribution < 1.29 is 9.18 Å². The van der Waals surface area contributed by atoms with Gasteiger partial charge in [0.2, 0.25) is 0 Å². The lowest BCUT2D eigenvalue weighted by Gasteiger charge is -2.18. The van der Waals surface area contributed by atoms with Gasteiger partial charge in [0.25, 0.3) is 5.91 Å². The Kier molecular flexibility index (Phi) is 5.37. The standard InChI is InChI=1S/C16H18FN3O/c1-2-3-6-15(12-5-4-8-18-10-12)20-16(21)13-7-9-19-11-14(13)17/h4-5,7-11,15H,2-3,6H2,1H3,(H,20,21)/t15-/m0/s1. The maximum absolute atomic E-state index is 13.6. The van der Waals surface area contributed by atoms with Crippen molar-refractivity contribution in [1.29, 1.82) is 0 Å². The summed E-state index contributed by atoms with van der Waals surface area (Å²) in [6.07, 6.45) is 8.65. The van der Waals surface area contributed by atoms with Crippen LogP contribution in [0.3, 0.4) is 0 Å². The molecule has 2 aromatic rings. The summed E-state index contributed by atoms with van der Waals surface area (Å²) in [5.74, 6) is -1.05. The van der Waals surface area contributed by atoms with E-state index in [4.69, 9.17) is 0 Å². The van der Waals surface area contributed by atoms with Crippen LogP contribution in [0.15, 0.2) is 43.0 Å². The van der Waals surface area contributed by atoms with E-state index in [-0.39, 0.29) is 11.6 Å². The summed E-state index contributed by atoms with van der Waals surface area (Å²) in [5, 5.41) is 2.88. The monoisotopic (exact) mass is 287 g/mol. The van der Waals surface area contributed by atoms with Gasteiger partial charge in [0.15, 0.2) is 5.82 Å². The Hall–Kier alpha value is -2.30. The predicted octanol–water partition coefficient (Wildman–Crippen LogP) is 3.28. The molecule has 0 spiro atoms. The molecule has 2 aromatic heterocycles. The maximum atomic E-state index is 13.6. The van der Waals surface area contributed by atoms with Gasteiger partial charge < -0.3 is 5.32 Å². The van der Waals surface area contributed by atoms with Crippen molar-refractivity contribution in [2.45, 2.75) is 32.2 Å². The van der Waals surface area contributed by atoms with Gasteiger partial charge >= 0.3 is 0 Å². The molecule has 0 fully saturated rings. The van der Waals surface area contributed by atoms with Gasteiger partial charge in [-0.15, -0.1) is 0 Å². The third-order valence-electron chi connectivity index (χ3n) is 3.26. The lowest BCUT2D eigenvalue weighted by Crippen LogP contribution is -2.29. The maximum Gasteiger partial charge on any atom is 0.254 e. The molecule has 0 unspecified atom stereocenters. The van der Waals surface area contributed by atoms with E-state index in [1.54, 1.807) is 12.4 Å². The van der Waals surface area contributed by atoms with E-state index in [1.807, 2.05) is 12.1 Å². The minimum absolute atomic E-state index is 0.00962. The summed E-state index contributed by atoms with van der Waals surface area (Å²) in [5.41, 5.74) is 0.934. The molecule has 0 saturated heterocycles. The molecule has 0 radical (unpaired) electrons. The number of unbranched alkanes of at least 4 members (excludes halogenated alkanes) is 1. The minimum Gasteiger partial charge on any atom is -0.345 e. The lowest BCUT2D eigenvalue weighted by atomic mass is 10.0. The van der Waals surface area contributed by atoms with Crippen LogP contribution >= 0.6 is 0 Å². The fourth-order valence-electron chi connectivity index (χ4n) is 2.11. The van der Waals surface area contributed by atoms with Crippen molar-refractivity contribution in [2.24, 2.45) is 0 Å². The number of aromatic nitrogens is 2. The zero-order chi connectivity index (χ0) is 15.1. The van der Waals surface area contributed by atoms with Crippen LogP contribution in [0.1, 0.15) is 48.1 Å². The average Bonchev–Trinajstić information content (AvgIpc) is 2.52. The molecule has 1 atom stereocenters. The molecule has 0 bridgehead atoms. The van der Waals surface area contributed by atoms with E-state index < -0.39 is 11.7 Å². The van der Waals surface area contributed by atoms with E-state index >= 15 is 0 Å². The Morgan fingerprint density at radius 2 is 2.10 bits per heavy atom. The summed E-state index contributed by atoms with van der Waals surface area (Å²) < 4.78 is 13.6. The van der Waals surface area contributed by atoms with E-state index in [2.05, 4.69) is 22.2 Å². The molecular weight excluding hydrogens is 269 g/mol. The van der Waals surface area contributed by atoms with Crippen LogP contribution in [0.25, 0.3) is 0 Å². The predicted molar refractivity (Wildman–Crippen MR) is 78.2 cm³/mol. The fourth-order valence-corrected chi connectivity index (χ4v) is 2.11. The highest BCUT2D eigenvalue weighted by Gasteiger charge is 2.17. The normalized spacial score (nSPS) is 11.9. The van der Waals surface area contributed by atoms with Crippen LogP contribution in [-0.2, 0) is 0 Å². The number of pyridine rings is 2. The Labute approximate surface area is 123 Å². The van der Waals surface area contributed by atoms with Crippen molar-refractivity contribution in [3.8, 4) is 0 Å². The van der Waals surface area contributed by atoms with E-state index in [9.17, 15) is 9.18 Å². The molecule has 2 rings (SSSR count). The number of carbonyl (C=O) groups is 1. The van der Waals surface area contributed by atoms with E-state index in [0.29, 0.717) is 0 Å². The number of hydrogen-bond donors (Lipinski definition) is 1. The van der Waals surface area contributed by atoms with Crippen molar-refractivity contribution >= 4 is 5.91 Å². The second kappa shape index (κ2) is 7.47. The second-order valence-electron chi connectivity index (χ2n) is 4.81. The Bertz CT molecular complexity index is 589. The first-order chi connectivity index (χ1) is 10.2. The highest BCUT2D eigenvalue weighted by Crippen LogP contribution is 2.19. The number of rotatable bonds is 6. The highest BCUT2D eigenvalue weighted by molar-refractivity contribution is 5.94. The van der Waals surface area contributed by atoms with Gasteiger partial charge in [-0.3, -0.25) is 14.8 Å². The fraction of sp³-hybridized carbons (Fsp3) is 0.312. The summed E-state index contributed by atoms with van der Waals surface area (Å²) in [6.45, 7) is 2.09. The van der Waals surface area contributed by atoms with Crippen molar-refractivity contribution in [3.63, 3.8) is 0 Å². The van der Waals surface area contributed by atoms with Crippen LogP contribution < -0.4 is 5.32 Å². The van der Waals surface area contributed by atoms with Gasteiger partial charge in [-0.2, -0.15) is 0 Å². The van der Waals surface area contributed by atoms with Crippen LogP contribution in [0, 0.1) is 5.82 Å². The SMILES string of the molecule is CCCC[C@H](NC(=O)c1ccncc1F)c1cccnc1. The van der Waals surface area contributed by atoms with Gasteiger partial charge in [0, 0.05) is 18.6 Å². The molecule has 0 saturated carbocycles. The molecule has 21 heavy (non-hydrogen) atoms. The minimum atomic E-state index is -0.615. The summed E-state index contributed by atoms with van der Waals surface area (Å²) >= 11 is 0. The number of nitrogens with one attached hydrogen (secondary N) is 1. The number of hydrogen-bond acceptors (Lipinski definition) is 3. The van der Waals surface area contributed by atoms with Gasteiger partial charge in [0.1, 0.15) is 0 Å². The van der Waals surface area contributed by atoms with Crippen molar-refractivity contribution in [3.05, 3.63) is 59.9 Å². The third kappa shape index (κ3) is 4.08. The van der Waals surface area contributed by atoms with Crippen LogP contribution in [-0.4, -0.2) is 15.9 Å². The first-order valence-corrected chi connectivity index (χ1v) is 7.02. The zero-order valence-corrected chi connectivity index (χ0v) is 11.9. The Balaban J connectivity index is 2.15. The average molecular weight is 287 g/mol. The molecule has 110 valence electrons. The van der Waals surface area contributed by atoms with Crippen molar-refractivity contribution in [1.82, 2.24) is 15.3 Å². The van der Waals surface area contributed by atoms with Gasteiger partial charge in [-0.25, -0.2) is 4.39 Å². The molecule has 1 N–H and O–H groups in total. The van der Waals surface area contributed by atoms with Gasteiger partial charge in [-0.1, -0.05) is 25.8 Å². The zero-order valence-electron chi connectivity index (χ0n) is 11.9. The van der Waals surface area contributed by atoms with E-state index in [0.717, 1.165) is 31.0 Å². The first-order valence-electron chi connectivity index (χ1n) is 7.02. The van der Waals surface area contributed by atoms with Crippen LogP contribution in [0.4, 0.5) is 4.39 Å². The molecule has 2 heterocycles. The topological polar surface area (TPSA) is 54.9 Å². The smallest absolute Gasteiger partial charge is 0.254 e. The molecule has 0 aliphatic heterocycles. The number of nitrogens with zero attached hydrogens (tertiary/aromatic N) is 2. The molecular formula is C16H18FN3O. The Morgan fingerprint density at radius 1 is 1.29 bits per heavy atom. The largest absolute Gasteiger partial charge is 0.345 e. The van der Waals surface area contributed by atoms with Crippen LogP contribution in [0.2, 0.25) is 0 Å². The molecule has 0 aliphatic rings. The van der Waals surface area contributed by atoms with Crippen LogP contribution in [0.5, 0.6) is 0 Å². The number of carbonyl (C=O) groups excluding carboxylic acids is 1. The van der Waals surface area contributed by atoms with Gasteiger partial charge in [-0.05, 0) is 24.1 Å². The quantitative estimate of drug-likeness (QED) is 0.887. The molecule has 0 aliphatic carbocycles. The van der Waals surface area contributed by atoms with Gasteiger partial charge in [0.05, 0.1) is 17.8 Å². The summed E-state index contributed by atoms with van der Waals surface area (Å²) in [7, 11) is 0. The number of amides is 1. The summed E-state index contributed by atoms with van der Waals surface area (Å²) in [6, 6.07) is 4.95. The third-order valence-corrected chi connectivity index (χ3v) is 3.26. The second-order valence-corrected chi connectivity index (χ2v) is 4.81. The number of halogens is 1. The molecule has 5 heteroatoms. The molecule has 0 aromatic carbocycles.